The summed E-state index contributed by atoms with van der Waals surface area (Å²) in [5, 5.41) is 21.0. The Morgan fingerprint density at radius 3 is 2.62 bits per heavy atom. The molecule has 0 radical (unpaired) electrons. The van der Waals surface area contributed by atoms with Gasteiger partial charge in [-0.25, -0.2) is 9.97 Å². The van der Waals surface area contributed by atoms with Crippen LogP contribution in [0.15, 0.2) is 30.5 Å². The number of nitrogens with one attached hydrogen (secondary N) is 3. The Labute approximate surface area is 224 Å². The molecule has 8 nitrogen and oxygen atoms in total. The van der Waals surface area contributed by atoms with E-state index in [1.807, 2.05) is 24.3 Å². The zero-order valence-corrected chi connectivity index (χ0v) is 22.1. The van der Waals surface area contributed by atoms with Crippen LogP contribution in [-0.4, -0.2) is 61.1 Å². The lowest BCUT2D eigenvalue weighted by atomic mass is 9.82. The molecule has 0 bridgehead atoms. The summed E-state index contributed by atoms with van der Waals surface area (Å²) in [5.74, 6) is 1.55. The third kappa shape index (κ3) is 6.91. The third-order valence-corrected chi connectivity index (χ3v) is 8.21. The van der Waals surface area contributed by atoms with Crippen LogP contribution in [0, 0.1) is 16.7 Å². The molecule has 1 atom stereocenters. The van der Waals surface area contributed by atoms with Gasteiger partial charge < -0.3 is 25.4 Å². The minimum absolute atomic E-state index is 0.393. The van der Waals surface area contributed by atoms with Crippen molar-refractivity contribution in [2.45, 2.75) is 69.6 Å². The van der Waals surface area contributed by atoms with Gasteiger partial charge in [0.15, 0.2) is 0 Å². The van der Waals surface area contributed by atoms with Gasteiger partial charge in [0.25, 0.3) is 0 Å². The van der Waals surface area contributed by atoms with Gasteiger partial charge in [-0.3, -0.25) is 0 Å². The van der Waals surface area contributed by atoms with E-state index in [-0.39, 0.29) is 0 Å². The standard InChI is InChI=1S/C28H37ClN6O2/c29-24-17-32-27(34-21-8-6-20(7-9-21)31-16-22-3-2-12-37-22)15-23(24)25-4-1-5-26(35-25)33-19-28(18-30)10-13-36-14-11-28/h1,4-5,15,17,20-22,31H,2-3,6-14,16,19H2,(H,32,34)(H,33,35)/t20-,21-,22-/m0/s1. The molecule has 0 amide bonds. The van der Waals surface area contributed by atoms with Gasteiger partial charge in [-0.05, 0) is 69.6 Å². The second-order valence-corrected chi connectivity index (χ2v) is 11.0. The monoisotopic (exact) mass is 524 g/mol. The molecule has 9 heteroatoms. The van der Waals surface area contributed by atoms with E-state index in [0.717, 1.165) is 74.6 Å². The minimum Gasteiger partial charge on any atom is -0.381 e. The van der Waals surface area contributed by atoms with Crippen LogP contribution < -0.4 is 16.0 Å². The van der Waals surface area contributed by atoms with Crippen LogP contribution in [0.2, 0.25) is 5.02 Å². The summed E-state index contributed by atoms with van der Waals surface area (Å²) < 4.78 is 11.2. The van der Waals surface area contributed by atoms with E-state index in [2.05, 4.69) is 27.0 Å². The van der Waals surface area contributed by atoms with Gasteiger partial charge in [0.1, 0.15) is 11.6 Å². The second-order valence-electron chi connectivity index (χ2n) is 10.6. The fraction of sp³-hybridized carbons (Fsp3) is 0.607. The molecule has 2 aromatic heterocycles. The predicted octanol–water partition coefficient (Wildman–Crippen LogP) is 5.02. The number of halogens is 1. The first-order valence-electron chi connectivity index (χ1n) is 13.6. The van der Waals surface area contributed by atoms with E-state index in [9.17, 15) is 5.26 Å². The molecule has 198 valence electrons. The average molecular weight is 525 g/mol. The van der Waals surface area contributed by atoms with Crippen molar-refractivity contribution < 1.29 is 9.47 Å². The number of nitriles is 1. The fourth-order valence-electron chi connectivity index (χ4n) is 5.50. The zero-order valence-electron chi connectivity index (χ0n) is 21.3. The smallest absolute Gasteiger partial charge is 0.126 e. The molecule has 2 saturated heterocycles. The van der Waals surface area contributed by atoms with Crippen LogP contribution in [0.5, 0.6) is 0 Å². The molecule has 3 aliphatic rings. The molecule has 2 aliphatic heterocycles. The van der Waals surface area contributed by atoms with Crippen LogP contribution in [-0.2, 0) is 9.47 Å². The van der Waals surface area contributed by atoms with Crippen molar-refractivity contribution >= 4 is 23.2 Å². The lowest BCUT2D eigenvalue weighted by Crippen LogP contribution is -2.40. The van der Waals surface area contributed by atoms with Gasteiger partial charge >= 0.3 is 0 Å². The van der Waals surface area contributed by atoms with Crippen LogP contribution in [0.25, 0.3) is 11.3 Å². The quantitative estimate of drug-likeness (QED) is 0.420. The second kappa shape index (κ2) is 12.4. The van der Waals surface area contributed by atoms with Crippen LogP contribution in [0.1, 0.15) is 51.4 Å². The van der Waals surface area contributed by atoms with E-state index >= 15 is 0 Å². The summed E-state index contributed by atoms with van der Waals surface area (Å²) in [4.78, 5) is 9.33. The third-order valence-electron chi connectivity index (χ3n) is 7.91. The number of rotatable bonds is 9. The number of hydrogen-bond donors (Lipinski definition) is 3. The van der Waals surface area contributed by atoms with Crippen molar-refractivity contribution in [1.29, 1.82) is 5.26 Å². The number of nitrogens with zero attached hydrogens (tertiary/aromatic N) is 3. The molecule has 1 saturated carbocycles. The normalized spacial score (nSPS) is 25.4. The Balaban J connectivity index is 1.17. The molecule has 3 N–H and O–H groups in total. The molecule has 4 heterocycles. The minimum atomic E-state index is -0.417. The lowest BCUT2D eigenvalue weighted by Gasteiger charge is -2.31. The highest BCUT2D eigenvalue weighted by molar-refractivity contribution is 6.33. The molecular formula is C28H37ClN6O2. The number of pyridine rings is 2. The van der Waals surface area contributed by atoms with Crippen molar-refractivity contribution in [2.24, 2.45) is 5.41 Å². The van der Waals surface area contributed by atoms with Gasteiger partial charge in [0.05, 0.1) is 28.3 Å². The van der Waals surface area contributed by atoms with Gasteiger partial charge in [0.2, 0.25) is 0 Å². The molecule has 2 aromatic rings. The maximum atomic E-state index is 9.73. The highest BCUT2D eigenvalue weighted by atomic mass is 35.5. The van der Waals surface area contributed by atoms with Gasteiger partial charge in [-0.15, -0.1) is 0 Å². The van der Waals surface area contributed by atoms with E-state index in [1.165, 1.54) is 12.8 Å². The molecule has 0 spiro atoms. The maximum absolute atomic E-state index is 9.73. The summed E-state index contributed by atoms with van der Waals surface area (Å²) in [6.45, 7) is 3.67. The fourth-order valence-corrected chi connectivity index (χ4v) is 5.70. The first-order chi connectivity index (χ1) is 18.1. The van der Waals surface area contributed by atoms with Crippen LogP contribution >= 0.6 is 11.6 Å². The van der Waals surface area contributed by atoms with Crippen molar-refractivity contribution in [3.63, 3.8) is 0 Å². The Kier molecular flexibility index (Phi) is 8.78. The summed E-state index contributed by atoms with van der Waals surface area (Å²) >= 11 is 6.55. The first-order valence-corrected chi connectivity index (χ1v) is 14.0. The van der Waals surface area contributed by atoms with E-state index in [4.69, 9.17) is 26.1 Å². The zero-order chi connectivity index (χ0) is 25.5. The Hall–Kier alpha value is -2.44. The van der Waals surface area contributed by atoms with Crippen molar-refractivity contribution in [3.8, 4) is 17.3 Å². The largest absolute Gasteiger partial charge is 0.381 e. The van der Waals surface area contributed by atoms with Gasteiger partial charge in [-0.1, -0.05) is 17.7 Å². The predicted molar refractivity (Wildman–Crippen MR) is 146 cm³/mol. The average Bonchev–Trinajstić information content (AvgIpc) is 3.47. The van der Waals surface area contributed by atoms with E-state index in [0.29, 0.717) is 43.0 Å². The Bertz CT molecular complexity index is 1070. The van der Waals surface area contributed by atoms with Crippen molar-refractivity contribution in [3.05, 3.63) is 35.5 Å². The molecule has 1 aliphatic carbocycles. The lowest BCUT2D eigenvalue weighted by molar-refractivity contribution is 0.0455. The summed E-state index contributed by atoms with van der Waals surface area (Å²) in [6.07, 6.45) is 10.4. The maximum Gasteiger partial charge on any atom is 0.126 e. The highest BCUT2D eigenvalue weighted by Crippen LogP contribution is 2.32. The SMILES string of the molecule is N#CC1(CNc2cccc(-c3cc(N[C@H]4CC[C@H](NC[C@@H]5CCCO5)CC4)ncc3Cl)n2)CCOCC1. The number of hydrogen-bond acceptors (Lipinski definition) is 8. The topological polar surface area (TPSA) is 104 Å². The molecular weight excluding hydrogens is 488 g/mol. The number of aromatic nitrogens is 2. The Morgan fingerprint density at radius 1 is 1.05 bits per heavy atom. The van der Waals surface area contributed by atoms with Gasteiger partial charge in [-0.2, -0.15) is 5.26 Å². The van der Waals surface area contributed by atoms with Crippen molar-refractivity contribution in [2.75, 3.05) is 43.5 Å². The van der Waals surface area contributed by atoms with Crippen molar-refractivity contribution in [1.82, 2.24) is 15.3 Å². The summed E-state index contributed by atoms with van der Waals surface area (Å²) in [7, 11) is 0. The number of anilines is 2. The summed E-state index contributed by atoms with van der Waals surface area (Å²) in [5.41, 5.74) is 1.21. The van der Waals surface area contributed by atoms with E-state index in [1.54, 1.807) is 6.20 Å². The molecule has 5 rings (SSSR count). The summed E-state index contributed by atoms with van der Waals surface area (Å²) in [6, 6.07) is 11.3. The number of ether oxygens (including phenoxy) is 2. The first kappa shape index (κ1) is 26.2. The molecule has 3 fully saturated rings. The van der Waals surface area contributed by atoms with Crippen LogP contribution in [0.4, 0.5) is 11.6 Å². The molecule has 37 heavy (non-hydrogen) atoms. The Morgan fingerprint density at radius 2 is 1.86 bits per heavy atom. The molecule has 0 unspecified atom stereocenters. The highest BCUT2D eigenvalue weighted by Gasteiger charge is 2.32. The van der Waals surface area contributed by atoms with Crippen LogP contribution in [0.3, 0.4) is 0 Å². The van der Waals surface area contributed by atoms with E-state index < -0.39 is 5.41 Å². The molecule has 0 aromatic carbocycles. The van der Waals surface area contributed by atoms with Gasteiger partial charge in [0, 0.05) is 56.8 Å².